The zero-order chi connectivity index (χ0) is 17.8. The van der Waals surface area contributed by atoms with Crippen LogP contribution in [0, 0.1) is 5.92 Å². The van der Waals surface area contributed by atoms with E-state index in [1.807, 2.05) is 12.1 Å². The van der Waals surface area contributed by atoms with Gasteiger partial charge >= 0.3 is 0 Å². The molecule has 1 aliphatic heterocycles. The summed E-state index contributed by atoms with van der Waals surface area (Å²) in [5.41, 5.74) is 3.84. The first kappa shape index (κ1) is 17.2. The number of rotatable bonds is 6. The number of aryl methyl sites for hydroxylation is 1. The average Bonchev–Trinajstić information content (AvgIpc) is 2.94. The van der Waals surface area contributed by atoms with Crippen molar-refractivity contribution in [3.05, 3.63) is 65.3 Å². The summed E-state index contributed by atoms with van der Waals surface area (Å²) < 4.78 is 5.18. The third-order valence-corrected chi connectivity index (χ3v) is 4.87. The van der Waals surface area contributed by atoms with Gasteiger partial charge in [0.2, 0.25) is 0 Å². The standard InChI is InChI=1S/C21H23NO3/c1-15-13-17(4-3-16-6-9-19(25-2)10-7-16)5-8-18(15)14-22-20(23)11-12-21(22)24/h5-12,15H,3-4,13-14H2,1-2H3. The maximum atomic E-state index is 11.7. The van der Waals surface area contributed by atoms with Gasteiger partial charge in [-0.25, -0.2) is 0 Å². The average molecular weight is 337 g/mol. The topological polar surface area (TPSA) is 46.6 Å². The van der Waals surface area contributed by atoms with Crippen LogP contribution in [-0.4, -0.2) is 30.4 Å². The number of hydrogen-bond acceptors (Lipinski definition) is 3. The quantitative estimate of drug-likeness (QED) is 0.747. The third-order valence-electron chi connectivity index (χ3n) is 4.87. The molecular formula is C21H23NO3. The SMILES string of the molecule is COc1ccc(CCC2=CC=C(CN3C(=O)C=CC3=O)C(C)C2)cc1. The molecule has 0 aromatic heterocycles. The molecule has 0 N–H and O–H groups in total. The molecule has 1 heterocycles. The molecule has 1 atom stereocenters. The molecular weight excluding hydrogens is 314 g/mol. The summed E-state index contributed by atoms with van der Waals surface area (Å²) >= 11 is 0. The van der Waals surface area contributed by atoms with Crippen LogP contribution in [0.3, 0.4) is 0 Å². The molecule has 130 valence electrons. The molecule has 4 heteroatoms. The molecule has 1 unspecified atom stereocenters. The van der Waals surface area contributed by atoms with Crippen LogP contribution >= 0.6 is 0 Å². The molecule has 4 nitrogen and oxygen atoms in total. The summed E-state index contributed by atoms with van der Waals surface area (Å²) in [5, 5.41) is 0. The van der Waals surface area contributed by atoms with Gasteiger partial charge in [0.1, 0.15) is 5.75 Å². The molecule has 2 aliphatic rings. The van der Waals surface area contributed by atoms with Crippen LogP contribution in [0.25, 0.3) is 0 Å². The van der Waals surface area contributed by atoms with E-state index in [0.717, 1.165) is 30.6 Å². The number of nitrogens with zero attached hydrogens (tertiary/aromatic N) is 1. The number of imide groups is 1. The Morgan fingerprint density at radius 1 is 1.04 bits per heavy atom. The third kappa shape index (κ3) is 4.08. The number of ether oxygens (including phenoxy) is 1. The van der Waals surface area contributed by atoms with E-state index in [4.69, 9.17) is 4.74 Å². The lowest BCUT2D eigenvalue weighted by molar-refractivity contribution is -0.136. The normalized spacial score (nSPS) is 19.9. The Morgan fingerprint density at radius 2 is 1.72 bits per heavy atom. The van der Waals surface area contributed by atoms with Crippen LogP contribution in [0.1, 0.15) is 25.3 Å². The van der Waals surface area contributed by atoms with Gasteiger partial charge in [0, 0.05) is 12.2 Å². The second kappa shape index (κ2) is 7.51. The monoisotopic (exact) mass is 337 g/mol. The van der Waals surface area contributed by atoms with E-state index in [1.165, 1.54) is 28.2 Å². The number of carbonyl (C=O) groups excluding carboxylic acids is 2. The minimum absolute atomic E-state index is 0.215. The summed E-state index contributed by atoms with van der Waals surface area (Å²) in [6.07, 6.45) is 9.90. The van der Waals surface area contributed by atoms with E-state index in [2.05, 4.69) is 31.2 Å². The van der Waals surface area contributed by atoms with Crippen LogP contribution in [0.15, 0.2) is 59.7 Å². The van der Waals surface area contributed by atoms with Gasteiger partial charge in [-0.05, 0) is 48.4 Å². The lowest BCUT2D eigenvalue weighted by Crippen LogP contribution is -2.33. The summed E-state index contributed by atoms with van der Waals surface area (Å²) in [4.78, 5) is 24.7. The van der Waals surface area contributed by atoms with Crippen LogP contribution in [-0.2, 0) is 16.0 Å². The summed E-state index contributed by atoms with van der Waals surface area (Å²) in [7, 11) is 1.67. The Hall–Kier alpha value is -2.62. The number of hydrogen-bond donors (Lipinski definition) is 0. The van der Waals surface area contributed by atoms with E-state index in [1.54, 1.807) is 7.11 Å². The van der Waals surface area contributed by atoms with Gasteiger partial charge in [0.05, 0.1) is 13.7 Å². The minimum Gasteiger partial charge on any atom is -0.497 e. The van der Waals surface area contributed by atoms with Crippen molar-refractivity contribution >= 4 is 11.8 Å². The number of methoxy groups -OCH3 is 1. The Balaban J connectivity index is 1.59. The maximum Gasteiger partial charge on any atom is 0.253 e. The minimum atomic E-state index is -0.215. The number of amides is 2. The fourth-order valence-electron chi connectivity index (χ4n) is 3.24. The Bertz CT molecular complexity index is 738. The molecule has 0 fully saturated rings. The highest BCUT2D eigenvalue weighted by Gasteiger charge is 2.26. The van der Waals surface area contributed by atoms with Gasteiger partial charge in [-0.2, -0.15) is 0 Å². The van der Waals surface area contributed by atoms with Gasteiger partial charge in [-0.3, -0.25) is 14.5 Å². The van der Waals surface area contributed by atoms with Crippen molar-refractivity contribution in [3.8, 4) is 5.75 Å². The van der Waals surface area contributed by atoms with Crippen molar-refractivity contribution in [2.75, 3.05) is 13.7 Å². The van der Waals surface area contributed by atoms with Crippen molar-refractivity contribution in [3.63, 3.8) is 0 Å². The summed E-state index contributed by atoms with van der Waals surface area (Å²) in [6.45, 7) is 2.55. The van der Waals surface area contributed by atoms with Crippen LogP contribution in [0.4, 0.5) is 0 Å². The molecule has 0 saturated heterocycles. The molecule has 0 bridgehead atoms. The Labute approximate surface area is 148 Å². The van der Waals surface area contributed by atoms with E-state index < -0.39 is 0 Å². The second-order valence-electron chi connectivity index (χ2n) is 6.62. The van der Waals surface area contributed by atoms with Crippen LogP contribution < -0.4 is 4.74 Å². The fourth-order valence-corrected chi connectivity index (χ4v) is 3.24. The van der Waals surface area contributed by atoms with E-state index in [-0.39, 0.29) is 11.8 Å². The first-order valence-electron chi connectivity index (χ1n) is 8.62. The Kier molecular flexibility index (Phi) is 5.17. The van der Waals surface area contributed by atoms with Crippen molar-refractivity contribution < 1.29 is 14.3 Å². The zero-order valence-corrected chi connectivity index (χ0v) is 14.7. The van der Waals surface area contributed by atoms with Gasteiger partial charge in [0.15, 0.2) is 0 Å². The van der Waals surface area contributed by atoms with Crippen molar-refractivity contribution in [1.29, 1.82) is 0 Å². The van der Waals surface area contributed by atoms with E-state index in [0.29, 0.717) is 12.5 Å². The highest BCUT2D eigenvalue weighted by atomic mass is 16.5. The van der Waals surface area contributed by atoms with Crippen molar-refractivity contribution in [2.24, 2.45) is 5.92 Å². The zero-order valence-electron chi connectivity index (χ0n) is 14.7. The molecule has 1 aromatic rings. The fraction of sp³-hybridized carbons (Fsp3) is 0.333. The first-order valence-corrected chi connectivity index (χ1v) is 8.62. The van der Waals surface area contributed by atoms with E-state index >= 15 is 0 Å². The van der Waals surface area contributed by atoms with Gasteiger partial charge in [-0.1, -0.05) is 36.8 Å². The number of allylic oxidation sites excluding steroid dienone is 3. The molecule has 2 amide bonds. The van der Waals surface area contributed by atoms with Gasteiger partial charge in [0.25, 0.3) is 11.8 Å². The predicted octanol–water partition coefficient (Wildman–Crippen LogP) is 3.45. The molecule has 1 aromatic carbocycles. The van der Waals surface area contributed by atoms with Crippen LogP contribution in [0.2, 0.25) is 0 Å². The molecule has 1 aliphatic carbocycles. The maximum absolute atomic E-state index is 11.7. The molecule has 0 saturated carbocycles. The van der Waals surface area contributed by atoms with Crippen molar-refractivity contribution in [2.45, 2.75) is 26.2 Å². The first-order chi connectivity index (χ1) is 12.1. The molecule has 25 heavy (non-hydrogen) atoms. The summed E-state index contributed by atoms with van der Waals surface area (Å²) in [5.74, 6) is 0.791. The number of benzene rings is 1. The van der Waals surface area contributed by atoms with Crippen LogP contribution in [0.5, 0.6) is 5.75 Å². The lowest BCUT2D eigenvalue weighted by atomic mass is 9.86. The van der Waals surface area contributed by atoms with E-state index in [9.17, 15) is 9.59 Å². The smallest absolute Gasteiger partial charge is 0.253 e. The van der Waals surface area contributed by atoms with Crippen molar-refractivity contribution in [1.82, 2.24) is 4.90 Å². The predicted molar refractivity (Wildman–Crippen MR) is 97.1 cm³/mol. The number of carbonyl (C=O) groups is 2. The lowest BCUT2D eigenvalue weighted by Gasteiger charge is -2.25. The molecule has 3 rings (SSSR count). The molecule has 0 radical (unpaired) electrons. The second-order valence-corrected chi connectivity index (χ2v) is 6.62. The highest BCUT2D eigenvalue weighted by molar-refractivity contribution is 6.13. The summed E-state index contributed by atoms with van der Waals surface area (Å²) in [6, 6.07) is 8.18. The molecule has 0 spiro atoms. The highest BCUT2D eigenvalue weighted by Crippen LogP contribution is 2.29. The van der Waals surface area contributed by atoms with Gasteiger partial charge in [-0.15, -0.1) is 0 Å². The van der Waals surface area contributed by atoms with Gasteiger partial charge < -0.3 is 4.74 Å². The largest absolute Gasteiger partial charge is 0.497 e. The Morgan fingerprint density at radius 3 is 2.32 bits per heavy atom.